The molecule has 1 heterocycles. The maximum absolute atomic E-state index is 13.2. The molecule has 0 N–H and O–H groups in total. The molecule has 0 aromatic heterocycles. The van der Waals surface area contributed by atoms with E-state index in [1.807, 2.05) is 32.0 Å². The van der Waals surface area contributed by atoms with Gasteiger partial charge in [-0.05, 0) is 56.2 Å². The molecule has 1 amide bonds. The maximum atomic E-state index is 13.2. The number of hydrogen-bond acceptors (Lipinski definition) is 3. The van der Waals surface area contributed by atoms with Gasteiger partial charge in [0.1, 0.15) is 0 Å². The topological polar surface area (TPSA) is 54.5 Å². The molecule has 3 rings (SSSR count). The van der Waals surface area contributed by atoms with E-state index in [1.54, 1.807) is 29.2 Å². The summed E-state index contributed by atoms with van der Waals surface area (Å²) in [6.07, 6.45) is 0.453. The van der Waals surface area contributed by atoms with Crippen LogP contribution in [0.25, 0.3) is 0 Å². The lowest BCUT2D eigenvalue weighted by atomic mass is 10.1. The Kier molecular flexibility index (Phi) is 4.89. The number of rotatable bonds is 3. The first-order valence-electron chi connectivity index (χ1n) is 8.14. The third-order valence-corrected chi connectivity index (χ3v) is 6.50. The quantitative estimate of drug-likeness (QED) is 0.817. The van der Waals surface area contributed by atoms with Crippen molar-refractivity contribution in [2.24, 2.45) is 0 Å². The summed E-state index contributed by atoms with van der Waals surface area (Å²) in [5.41, 5.74) is 3.30. The molecule has 2 aromatic carbocycles. The lowest BCUT2D eigenvalue weighted by Crippen LogP contribution is -2.41. The van der Waals surface area contributed by atoms with Crippen molar-refractivity contribution in [2.75, 3.05) is 16.4 Å². The summed E-state index contributed by atoms with van der Waals surface area (Å²) in [5.74, 6) is -0.0854. The molecule has 1 aliphatic rings. The van der Waals surface area contributed by atoms with Crippen LogP contribution in [0.3, 0.4) is 0 Å². The van der Waals surface area contributed by atoms with E-state index >= 15 is 0 Å². The Morgan fingerprint density at radius 2 is 1.80 bits per heavy atom. The van der Waals surface area contributed by atoms with E-state index in [0.717, 1.165) is 16.8 Å². The first-order chi connectivity index (χ1) is 11.8. The molecule has 132 valence electrons. The van der Waals surface area contributed by atoms with E-state index < -0.39 is 9.84 Å². The molecule has 25 heavy (non-hydrogen) atoms. The number of aryl methyl sites for hydroxylation is 2. The highest BCUT2D eigenvalue weighted by Gasteiger charge is 2.36. The van der Waals surface area contributed by atoms with Crippen LogP contribution in [-0.4, -0.2) is 31.9 Å². The van der Waals surface area contributed by atoms with Gasteiger partial charge in [-0.2, -0.15) is 0 Å². The van der Waals surface area contributed by atoms with Crippen molar-refractivity contribution in [1.29, 1.82) is 0 Å². The highest BCUT2D eigenvalue weighted by Crippen LogP contribution is 2.30. The van der Waals surface area contributed by atoms with E-state index in [9.17, 15) is 13.2 Å². The zero-order chi connectivity index (χ0) is 18.2. The summed E-state index contributed by atoms with van der Waals surface area (Å²) in [6.45, 7) is 3.93. The van der Waals surface area contributed by atoms with Crippen LogP contribution in [0.15, 0.2) is 42.5 Å². The Hall–Kier alpha value is -1.85. The highest BCUT2D eigenvalue weighted by atomic mass is 35.5. The van der Waals surface area contributed by atoms with Gasteiger partial charge in [0.2, 0.25) is 0 Å². The molecule has 1 unspecified atom stereocenters. The monoisotopic (exact) mass is 377 g/mol. The standard InChI is InChI=1S/C19H20ClNO3S/c1-13-3-8-18(14(2)11-13)21(17-9-10-25(23,24)12-17)19(22)15-4-6-16(20)7-5-15/h3-8,11,17H,9-10,12H2,1-2H3. The minimum Gasteiger partial charge on any atom is -0.304 e. The van der Waals surface area contributed by atoms with Crippen LogP contribution in [0.2, 0.25) is 5.02 Å². The van der Waals surface area contributed by atoms with Crippen LogP contribution >= 0.6 is 11.6 Å². The molecule has 2 aromatic rings. The zero-order valence-electron chi connectivity index (χ0n) is 14.2. The van der Waals surface area contributed by atoms with Crippen molar-refractivity contribution in [2.45, 2.75) is 26.3 Å². The van der Waals surface area contributed by atoms with Gasteiger partial charge in [-0.15, -0.1) is 0 Å². The van der Waals surface area contributed by atoms with Crippen molar-refractivity contribution < 1.29 is 13.2 Å². The fourth-order valence-electron chi connectivity index (χ4n) is 3.26. The Morgan fingerprint density at radius 1 is 1.12 bits per heavy atom. The second-order valence-electron chi connectivity index (χ2n) is 6.53. The van der Waals surface area contributed by atoms with E-state index in [1.165, 1.54) is 0 Å². The van der Waals surface area contributed by atoms with E-state index in [0.29, 0.717) is 17.0 Å². The predicted octanol–water partition coefficient (Wildman–Crippen LogP) is 3.79. The summed E-state index contributed by atoms with van der Waals surface area (Å²) in [4.78, 5) is 14.8. The van der Waals surface area contributed by atoms with Gasteiger partial charge in [0.15, 0.2) is 9.84 Å². The van der Waals surface area contributed by atoms with Gasteiger partial charge < -0.3 is 4.90 Å². The van der Waals surface area contributed by atoms with Crippen LogP contribution in [-0.2, 0) is 9.84 Å². The molecule has 0 spiro atoms. The third kappa shape index (κ3) is 3.88. The summed E-state index contributed by atoms with van der Waals surface area (Å²) in [5, 5.41) is 0.554. The largest absolute Gasteiger partial charge is 0.304 e. The van der Waals surface area contributed by atoms with Gasteiger partial charge in [0.25, 0.3) is 5.91 Å². The Bertz CT molecular complexity index is 907. The zero-order valence-corrected chi connectivity index (χ0v) is 15.8. The van der Waals surface area contributed by atoms with E-state index in [-0.39, 0.29) is 23.5 Å². The highest BCUT2D eigenvalue weighted by molar-refractivity contribution is 7.91. The van der Waals surface area contributed by atoms with E-state index in [4.69, 9.17) is 11.6 Å². The maximum Gasteiger partial charge on any atom is 0.258 e. The summed E-state index contributed by atoms with van der Waals surface area (Å²) in [6, 6.07) is 12.2. The summed E-state index contributed by atoms with van der Waals surface area (Å²) >= 11 is 5.92. The minimum atomic E-state index is -3.11. The van der Waals surface area contributed by atoms with Gasteiger partial charge in [-0.3, -0.25) is 4.79 Å². The van der Waals surface area contributed by atoms with Gasteiger partial charge in [0.05, 0.1) is 17.5 Å². The Balaban J connectivity index is 2.05. The number of sulfone groups is 1. The molecule has 1 fully saturated rings. The molecule has 0 aliphatic carbocycles. The number of carbonyl (C=O) groups excluding carboxylic acids is 1. The van der Waals surface area contributed by atoms with Gasteiger partial charge >= 0.3 is 0 Å². The second-order valence-corrected chi connectivity index (χ2v) is 9.19. The van der Waals surface area contributed by atoms with Crippen molar-refractivity contribution in [1.82, 2.24) is 0 Å². The van der Waals surface area contributed by atoms with Crippen molar-refractivity contribution in [3.05, 3.63) is 64.2 Å². The van der Waals surface area contributed by atoms with Crippen LogP contribution in [0.5, 0.6) is 0 Å². The first-order valence-corrected chi connectivity index (χ1v) is 10.3. The SMILES string of the molecule is Cc1ccc(N(C(=O)c2ccc(Cl)cc2)C2CCS(=O)(=O)C2)c(C)c1. The minimum absolute atomic E-state index is 0.000351. The molecular formula is C19H20ClNO3S. The number of anilines is 1. The average Bonchev–Trinajstić information content (AvgIpc) is 2.90. The van der Waals surface area contributed by atoms with Gasteiger partial charge in [-0.1, -0.05) is 29.3 Å². The Morgan fingerprint density at radius 3 is 2.36 bits per heavy atom. The number of halogens is 1. The summed E-state index contributed by atoms with van der Waals surface area (Å²) in [7, 11) is -3.11. The molecule has 0 radical (unpaired) electrons. The molecule has 6 heteroatoms. The number of carbonyl (C=O) groups is 1. The van der Waals surface area contributed by atoms with Gasteiger partial charge in [-0.25, -0.2) is 8.42 Å². The Labute approximate surface area is 153 Å². The molecule has 0 saturated carbocycles. The summed E-state index contributed by atoms with van der Waals surface area (Å²) < 4.78 is 23.9. The number of nitrogens with zero attached hydrogens (tertiary/aromatic N) is 1. The van der Waals surface area contributed by atoms with Gasteiger partial charge in [0, 0.05) is 16.3 Å². The number of hydrogen-bond donors (Lipinski definition) is 0. The van der Waals surface area contributed by atoms with Crippen molar-refractivity contribution in [3.63, 3.8) is 0 Å². The third-order valence-electron chi connectivity index (χ3n) is 4.50. The van der Waals surface area contributed by atoms with E-state index in [2.05, 4.69) is 0 Å². The van der Waals surface area contributed by atoms with Crippen LogP contribution in [0, 0.1) is 13.8 Å². The molecule has 1 saturated heterocycles. The lowest BCUT2D eigenvalue weighted by molar-refractivity contribution is 0.0979. The fraction of sp³-hybridized carbons (Fsp3) is 0.316. The smallest absolute Gasteiger partial charge is 0.258 e. The van der Waals surface area contributed by atoms with Crippen LogP contribution in [0.4, 0.5) is 5.69 Å². The predicted molar refractivity (Wildman–Crippen MR) is 101 cm³/mol. The molecule has 1 aliphatic heterocycles. The molecular weight excluding hydrogens is 358 g/mol. The lowest BCUT2D eigenvalue weighted by Gasteiger charge is -2.30. The average molecular weight is 378 g/mol. The number of benzene rings is 2. The fourth-order valence-corrected chi connectivity index (χ4v) is 5.08. The number of amides is 1. The van der Waals surface area contributed by atoms with Crippen molar-refractivity contribution in [3.8, 4) is 0 Å². The van der Waals surface area contributed by atoms with Crippen LogP contribution < -0.4 is 4.90 Å². The van der Waals surface area contributed by atoms with Crippen LogP contribution in [0.1, 0.15) is 27.9 Å². The second kappa shape index (κ2) is 6.81. The van der Waals surface area contributed by atoms with Crippen molar-refractivity contribution >= 4 is 33.0 Å². The first kappa shape index (κ1) is 18.0. The molecule has 1 atom stereocenters. The normalized spacial score (nSPS) is 18.9. The molecule has 0 bridgehead atoms. The molecule has 4 nitrogen and oxygen atoms in total.